The lowest BCUT2D eigenvalue weighted by atomic mass is 10.2. The Morgan fingerprint density at radius 1 is 1.30 bits per heavy atom. The molecule has 152 valence electrons. The molecule has 1 saturated heterocycles. The van der Waals surface area contributed by atoms with Gasteiger partial charge in [0.25, 0.3) is 0 Å². The predicted octanol–water partition coefficient (Wildman–Crippen LogP) is 1.99. The van der Waals surface area contributed by atoms with Gasteiger partial charge in [0.05, 0.1) is 35.2 Å². The summed E-state index contributed by atoms with van der Waals surface area (Å²) in [5.41, 5.74) is 0.307. The van der Waals surface area contributed by atoms with Crippen molar-refractivity contribution in [2.75, 3.05) is 50.0 Å². The van der Waals surface area contributed by atoms with Crippen LogP contribution in [0.15, 0.2) is 18.2 Å². The molecule has 1 amide bonds. The number of carbonyl (C=O) groups is 1. The van der Waals surface area contributed by atoms with Gasteiger partial charge >= 0.3 is 0 Å². The average Bonchev–Trinajstić information content (AvgIpc) is 2.62. The highest BCUT2D eigenvalue weighted by Crippen LogP contribution is 2.30. The zero-order valence-electron chi connectivity index (χ0n) is 15.5. The number of sulfonamides is 1. The summed E-state index contributed by atoms with van der Waals surface area (Å²) < 4.78 is 31.2. The number of hydrogen-bond acceptors (Lipinski definition) is 5. The quantitative estimate of drug-likeness (QED) is 0.672. The fraction of sp³-hybridized carbons (Fsp3) is 0.588. The Hall–Kier alpha value is -1.06. The molecule has 0 spiro atoms. The van der Waals surface area contributed by atoms with Crippen LogP contribution in [0.5, 0.6) is 0 Å². The highest BCUT2D eigenvalue weighted by Gasteiger charge is 2.31. The van der Waals surface area contributed by atoms with Crippen molar-refractivity contribution < 1.29 is 17.9 Å². The molecule has 0 unspecified atom stereocenters. The summed E-state index contributed by atoms with van der Waals surface area (Å²) in [5, 5.41) is 3.39. The predicted molar refractivity (Wildman–Crippen MR) is 108 cm³/mol. The molecule has 2 rings (SSSR count). The molecule has 1 fully saturated rings. The summed E-state index contributed by atoms with van der Waals surface area (Å²) in [6, 6.07) is 3.63. The number of carbonyl (C=O) groups excluding carboxylic acids is 1. The van der Waals surface area contributed by atoms with E-state index in [1.165, 1.54) is 12.1 Å². The molecule has 10 heteroatoms. The summed E-state index contributed by atoms with van der Waals surface area (Å²) in [4.78, 5) is 14.9. The minimum atomic E-state index is -3.71. The van der Waals surface area contributed by atoms with Crippen molar-refractivity contribution in [1.29, 1.82) is 0 Å². The fourth-order valence-corrected chi connectivity index (χ4v) is 4.46. The number of hydrogen-bond donors (Lipinski definition) is 1. The van der Waals surface area contributed by atoms with Crippen LogP contribution in [-0.4, -0.2) is 70.9 Å². The molecule has 1 aliphatic heterocycles. The smallest absolute Gasteiger partial charge is 0.243 e. The first-order valence-corrected chi connectivity index (χ1v) is 11.4. The summed E-state index contributed by atoms with van der Waals surface area (Å²) in [6.45, 7) is 5.92. The van der Waals surface area contributed by atoms with Gasteiger partial charge in [0, 0.05) is 26.2 Å². The van der Waals surface area contributed by atoms with Crippen LogP contribution in [-0.2, 0) is 19.6 Å². The molecule has 1 heterocycles. The average molecular weight is 438 g/mol. The molecule has 1 atom stereocenters. The molecule has 1 aromatic rings. The fourth-order valence-electron chi connectivity index (χ4n) is 2.96. The minimum absolute atomic E-state index is 0.227. The maximum Gasteiger partial charge on any atom is 0.243 e. The van der Waals surface area contributed by atoms with Crippen LogP contribution >= 0.6 is 23.2 Å². The van der Waals surface area contributed by atoms with E-state index in [1.54, 1.807) is 13.0 Å². The lowest BCUT2D eigenvalue weighted by Gasteiger charge is -2.31. The molecule has 1 aromatic carbocycles. The topological polar surface area (TPSA) is 79.0 Å². The number of ether oxygens (including phenoxy) is 1. The first-order valence-electron chi connectivity index (χ1n) is 8.76. The second-order valence-electron chi connectivity index (χ2n) is 6.33. The van der Waals surface area contributed by atoms with Crippen LogP contribution < -0.4 is 9.62 Å². The molecular formula is C17H25Cl2N3O4S. The van der Waals surface area contributed by atoms with Crippen LogP contribution in [0.1, 0.15) is 13.3 Å². The van der Waals surface area contributed by atoms with Crippen LogP contribution in [0.2, 0.25) is 10.0 Å². The third-order valence-corrected chi connectivity index (χ3v) is 6.24. The van der Waals surface area contributed by atoms with E-state index in [0.717, 1.165) is 23.7 Å². The molecule has 0 radical (unpaired) electrons. The van der Waals surface area contributed by atoms with Crippen molar-refractivity contribution in [3.05, 3.63) is 28.2 Å². The van der Waals surface area contributed by atoms with Gasteiger partial charge in [-0.25, -0.2) is 8.42 Å². The Morgan fingerprint density at radius 3 is 2.52 bits per heavy atom. The lowest BCUT2D eigenvalue weighted by Crippen LogP contribution is -2.50. The molecule has 0 aromatic heterocycles. The van der Waals surface area contributed by atoms with E-state index >= 15 is 0 Å². The summed E-state index contributed by atoms with van der Waals surface area (Å²) in [6.07, 6.45) is 1.38. The molecule has 0 aliphatic carbocycles. The highest BCUT2D eigenvalue weighted by molar-refractivity contribution is 7.92. The van der Waals surface area contributed by atoms with E-state index in [4.69, 9.17) is 27.9 Å². The zero-order valence-corrected chi connectivity index (χ0v) is 17.8. The Balaban J connectivity index is 2.11. The van der Waals surface area contributed by atoms with E-state index in [0.29, 0.717) is 43.4 Å². The number of nitrogens with zero attached hydrogens (tertiary/aromatic N) is 2. The number of rotatable bonds is 8. The Bertz CT molecular complexity index is 755. The first kappa shape index (κ1) is 22.2. The highest BCUT2D eigenvalue weighted by atomic mass is 35.5. The SMILES string of the molecule is CC[C@H](C(=O)NCCN1CCOCC1)N(c1ccc(Cl)c(Cl)c1)S(C)(=O)=O. The maximum atomic E-state index is 12.7. The molecule has 0 saturated carbocycles. The van der Waals surface area contributed by atoms with Gasteiger partial charge in [-0.15, -0.1) is 0 Å². The maximum absolute atomic E-state index is 12.7. The van der Waals surface area contributed by atoms with Crippen molar-refractivity contribution in [3.63, 3.8) is 0 Å². The van der Waals surface area contributed by atoms with Crippen molar-refractivity contribution >= 4 is 44.8 Å². The van der Waals surface area contributed by atoms with Gasteiger partial charge in [0.2, 0.25) is 15.9 Å². The van der Waals surface area contributed by atoms with E-state index in [-0.39, 0.29) is 10.9 Å². The van der Waals surface area contributed by atoms with Gasteiger partial charge in [0.15, 0.2) is 0 Å². The number of benzene rings is 1. The lowest BCUT2D eigenvalue weighted by molar-refractivity contribution is -0.122. The number of amides is 1. The number of nitrogens with one attached hydrogen (secondary N) is 1. The zero-order chi connectivity index (χ0) is 20.0. The minimum Gasteiger partial charge on any atom is -0.379 e. The van der Waals surface area contributed by atoms with Crippen LogP contribution in [0, 0.1) is 0 Å². The van der Waals surface area contributed by atoms with E-state index in [1.807, 2.05) is 0 Å². The number of anilines is 1. The molecule has 1 N–H and O–H groups in total. The summed E-state index contributed by atoms with van der Waals surface area (Å²) in [7, 11) is -3.71. The molecule has 1 aliphatic rings. The Morgan fingerprint density at radius 2 is 1.96 bits per heavy atom. The molecule has 27 heavy (non-hydrogen) atoms. The van der Waals surface area contributed by atoms with Crippen molar-refractivity contribution in [3.8, 4) is 0 Å². The summed E-state index contributed by atoms with van der Waals surface area (Å²) in [5.74, 6) is -0.345. The van der Waals surface area contributed by atoms with Gasteiger partial charge < -0.3 is 10.1 Å². The van der Waals surface area contributed by atoms with Gasteiger partial charge in [-0.1, -0.05) is 30.1 Å². The molecule has 7 nitrogen and oxygen atoms in total. The largest absolute Gasteiger partial charge is 0.379 e. The second kappa shape index (κ2) is 9.93. The van der Waals surface area contributed by atoms with Crippen molar-refractivity contribution in [2.45, 2.75) is 19.4 Å². The number of halogens is 2. The van der Waals surface area contributed by atoms with Crippen LogP contribution in [0.4, 0.5) is 5.69 Å². The third kappa shape index (κ3) is 6.22. The van der Waals surface area contributed by atoms with Gasteiger partial charge in [0.1, 0.15) is 6.04 Å². The van der Waals surface area contributed by atoms with Gasteiger partial charge in [-0.05, 0) is 24.6 Å². The van der Waals surface area contributed by atoms with Crippen molar-refractivity contribution in [2.24, 2.45) is 0 Å². The van der Waals surface area contributed by atoms with Crippen molar-refractivity contribution in [1.82, 2.24) is 10.2 Å². The third-order valence-electron chi connectivity index (χ3n) is 4.32. The summed E-state index contributed by atoms with van der Waals surface area (Å²) >= 11 is 12.0. The van der Waals surface area contributed by atoms with E-state index in [9.17, 15) is 13.2 Å². The molecule has 0 bridgehead atoms. The van der Waals surface area contributed by atoms with Gasteiger partial charge in [-0.2, -0.15) is 0 Å². The Kier molecular flexibility index (Phi) is 8.18. The normalized spacial score (nSPS) is 16.7. The first-order chi connectivity index (χ1) is 12.7. The van der Waals surface area contributed by atoms with Gasteiger partial charge in [-0.3, -0.25) is 14.0 Å². The van der Waals surface area contributed by atoms with Crippen LogP contribution in [0.25, 0.3) is 0 Å². The van der Waals surface area contributed by atoms with E-state index < -0.39 is 16.1 Å². The Labute approximate surface area is 170 Å². The van der Waals surface area contributed by atoms with Crippen LogP contribution in [0.3, 0.4) is 0 Å². The molecular weight excluding hydrogens is 413 g/mol. The second-order valence-corrected chi connectivity index (χ2v) is 9.00. The van der Waals surface area contributed by atoms with E-state index in [2.05, 4.69) is 10.2 Å². The standard InChI is InChI=1S/C17H25Cl2N3O4S/c1-3-16(17(23)20-6-7-21-8-10-26-11-9-21)22(27(2,24)25)13-4-5-14(18)15(19)12-13/h4-5,12,16H,3,6-11H2,1-2H3,(H,20,23)/t16-/m1/s1. The monoisotopic (exact) mass is 437 g/mol. The number of morpholine rings is 1.